The third-order valence-corrected chi connectivity index (χ3v) is 7.40. The maximum Gasteiger partial charge on any atom is 0.257 e. The Hall–Kier alpha value is -4.09. The van der Waals surface area contributed by atoms with Gasteiger partial charge in [0.1, 0.15) is 24.4 Å². The van der Waals surface area contributed by atoms with Crippen molar-refractivity contribution >= 4 is 27.6 Å². The van der Waals surface area contributed by atoms with Crippen molar-refractivity contribution in [3.05, 3.63) is 83.8 Å². The van der Waals surface area contributed by atoms with Gasteiger partial charge in [-0.25, -0.2) is 4.99 Å². The lowest BCUT2D eigenvalue weighted by molar-refractivity contribution is -0.234. The molecule has 2 aliphatic rings. The van der Waals surface area contributed by atoms with Gasteiger partial charge in [0.25, 0.3) is 5.89 Å². The maximum absolute atomic E-state index is 10.6. The molecule has 2 aliphatic heterocycles. The van der Waals surface area contributed by atoms with Crippen molar-refractivity contribution in [2.75, 3.05) is 6.61 Å². The second-order valence-electron chi connectivity index (χ2n) is 9.98. The number of ether oxygens (including phenoxy) is 2. The first kappa shape index (κ1) is 24.0. The van der Waals surface area contributed by atoms with E-state index in [0.29, 0.717) is 24.2 Å². The van der Waals surface area contributed by atoms with Crippen LogP contribution < -0.4 is 0 Å². The highest BCUT2D eigenvalue weighted by molar-refractivity contribution is 6.08. The SMILES string of the molecule is Cc1noc(-c2ccc3c(C4=N[C@H]5[C@@H](O4)O[C@H](CO)[C@@H](O)[C@@H]5O)cn(Cc4ccc5ccccc5c4)c3c2)n1. The van der Waals surface area contributed by atoms with Crippen molar-refractivity contribution in [2.24, 2.45) is 4.99 Å². The topological polar surface area (TPSA) is 135 Å². The second-order valence-corrected chi connectivity index (χ2v) is 9.98. The smallest absolute Gasteiger partial charge is 0.257 e. The summed E-state index contributed by atoms with van der Waals surface area (Å²) in [7, 11) is 0. The van der Waals surface area contributed by atoms with E-state index >= 15 is 0 Å². The monoisotopic (exact) mass is 526 g/mol. The molecular weight excluding hydrogens is 500 g/mol. The third kappa shape index (κ3) is 4.09. The molecule has 5 aromatic rings. The summed E-state index contributed by atoms with van der Waals surface area (Å²) < 4.78 is 19.3. The molecule has 198 valence electrons. The molecule has 3 N–H and O–H groups in total. The summed E-state index contributed by atoms with van der Waals surface area (Å²) in [6.07, 6.45) is -2.39. The fraction of sp³-hybridized carbons (Fsp3) is 0.276. The first-order valence-corrected chi connectivity index (χ1v) is 12.8. The molecule has 0 radical (unpaired) electrons. The van der Waals surface area contributed by atoms with Crippen LogP contribution in [0.3, 0.4) is 0 Å². The Balaban J connectivity index is 1.32. The quantitative estimate of drug-likeness (QED) is 0.318. The molecule has 1 saturated heterocycles. The zero-order valence-electron chi connectivity index (χ0n) is 21.0. The van der Waals surface area contributed by atoms with Crippen LogP contribution >= 0.6 is 0 Å². The number of aliphatic hydroxyl groups excluding tert-OH is 3. The molecule has 39 heavy (non-hydrogen) atoms. The summed E-state index contributed by atoms with van der Waals surface area (Å²) in [6.45, 7) is 1.91. The average molecular weight is 527 g/mol. The Morgan fingerprint density at radius 2 is 1.82 bits per heavy atom. The van der Waals surface area contributed by atoms with Gasteiger partial charge in [0.15, 0.2) is 5.82 Å². The van der Waals surface area contributed by atoms with Gasteiger partial charge in [0.05, 0.1) is 12.2 Å². The zero-order valence-corrected chi connectivity index (χ0v) is 21.0. The van der Waals surface area contributed by atoms with Gasteiger partial charge < -0.3 is 33.9 Å². The van der Waals surface area contributed by atoms with Gasteiger partial charge in [-0.15, -0.1) is 0 Å². The van der Waals surface area contributed by atoms with E-state index in [1.807, 2.05) is 36.5 Å². The Morgan fingerprint density at radius 3 is 2.62 bits per heavy atom. The van der Waals surface area contributed by atoms with E-state index < -0.39 is 37.3 Å². The highest BCUT2D eigenvalue weighted by Gasteiger charge is 2.49. The number of fused-ring (bicyclic) bond motifs is 3. The first-order chi connectivity index (χ1) is 19.0. The number of aryl methyl sites for hydroxylation is 1. The second kappa shape index (κ2) is 9.28. The van der Waals surface area contributed by atoms with Crippen molar-refractivity contribution in [1.82, 2.24) is 14.7 Å². The molecule has 1 fully saturated rings. The first-order valence-electron chi connectivity index (χ1n) is 12.8. The summed E-state index contributed by atoms with van der Waals surface area (Å²) in [6, 6.07) is 19.7. The normalized spacial score (nSPS) is 24.6. The minimum absolute atomic E-state index is 0.304. The predicted octanol–water partition coefficient (Wildman–Crippen LogP) is 2.79. The van der Waals surface area contributed by atoms with Gasteiger partial charge in [-0.05, 0) is 41.5 Å². The van der Waals surface area contributed by atoms with Crippen LogP contribution in [0.25, 0.3) is 33.1 Å². The molecule has 0 aliphatic carbocycles. The van der Waals surface area contributed by atoms with E-state index in [1.165, 1.54) is 5.39 Å². The van der Waals surface area contributed by atoms with E-state index in [2.05, 4.69) is 50.0 Å². The molecule has 0 amide bonds. The number of aliphatic hydroxyl groups is 3. The van der Waals surface area contributed by atoms with Crippen LogP contribution in [0.2, 0.25) is 0 Å². The van der Waals surface area contributed by atoms with Crippen molar-refractivity contribution in [1.29, 1.82) is 0 Å². The molecule has 0 spiro atoms. The molecule has 0 saturated carbocycles. The van der Waals surface area contributed by atoms with E-state index in [4.69, 9.17) is 14.0 Å². The van der Waals surface area contributed by atoms with E-state index in [9.17, 15) is 15.3 Å². The molecule has 3 aromatic carbocycles. The lowest BCUT2D eigenvalue weighted by Gasteiger charge is -2.36. The largest absolute Gasteiger partial charge is 0.445 e. The number of aliphatic imine (C=N–C) groups is 1. The molecule has 4 heterocycles. The molecular formula is C29H26N4O6. The van der Waals surface area contributed by atoms with Gasteiger partial charge in [-0.2, -0.15) is 4.98 Å². The fourth-order valence-corrected chi connectivity index (χ4v) is 5.39. The minimum Gasteiger partial charge on any atom is -0.445 e. The minimum atomic E-state index is -1.27. The van der Waals surface area contributed by atoms with Gasteiger partial charge in [-0.3, -0.25) is 0 Å². The highest BCUT2D eigenvalue weighted by atomic mass is 16.7. The van der Waals surface area contributed by atoms with Crippen molar-refractivity contribution in [3.8, 4) is 11.5 Å². The molecule has 10 heteroatoms. The van der Waals surface area contributed by atoms with Crippen LogP contribution in [0, 0.1) is 6.92 Å². The lowest BCUT2D eigenvalue weighted by Crippen LogP contribution is -2.56. The maximum atomic E-state index is 10.6. The summed E-state index contributed by atoms with van der Waals surface area (Å²) in [5.74, 6) is 1.28. The Morgan fingerprint density at radius 1 is 0.974 bits per heavy atom. The molecule has 2 aromatic heterocycles. The van der Waals surface area contributed by atoms with Crippen LogP contribution in [0.15, 0.2) is 76.4 Å². The van der Waals surface area contributed by atoms with Crippen LogP contribution in [0.4, 0.5) is 0 Å². The fourth-order valence-electron chi connectivity index (χ4n) is 5.39. The van der Waals surface area contributed by atoms with Crippen LogP contribution in [0.5, 0.6) is 0 Å². The van der Waals surface area contributed by atoms with Crippen molar-refractivity contribution in [3.63, 3.8) is 0 Å². The van der Waals surface area contributed by atoms with Gasteiger partial charge in [0, 0.05) is 29.2 Å². The van der Waals surface area contributed by atoms with Crippen molar-refractivity contribution < 1.29 is 29.3 Å². The third-order valence-electron chi connectivity index (χ3n) is 7.40. The number of rotatable bonds is 5. The molecule has 0 bridgehead atoms. The Labute approximate surface area is 222 Å². The summed E-state index contributed by atoms with van der Waals surface area (Å²) >= 11 is 0. The number of hydrogen-bond donors (Lipinski definition) is 3. The summed E-state index contributed by atoms with van der Waals surface area (Å²) in [4.78, 5) is 8.97. The van der Waals surface area contributed by atoms with Gasteiger partial charge in [-0.1, -0.05) is 47.6 Å². The van der Waals surface area contributed by atoms with E-state index in [-0.39, 0.29) is 0 Å². The zero-order chi connectivity index (χ0) is 26.7. The number of benzene rings is 3. The molecule has 0 unspecified atom stereocenters. The molecule has 7 rings (SSSR count). The predicted molar refractivity (Wildman–Crippen MR) is 142 cm³/mol. The Kier molecular flexibility index (Phi) is 5.71. The Bertz CT molecular complexity index is 1730. The standard InChI is InChI=1S/C29H26N4O6/c1-15-30-27(39-32-15)19-8-9-20-21(28-31-24-26(36)25(35)23(14-34)37-29(24)38-28)13-33(22(20)11-19)12-16-6-7-17-4-2-3-5-18(17)10-16/h2-11,13,23-26,29,34-36H,12,14H2,1H3/t23-,24-,25-,26-,29-/m1/s1. The molecule has 5 atom stereocenters. The van der Waals surface area contributed by atoms with Gasteiger partial charge in [0.2, 0.25) is 12.2 Å². The number of nitrogens with zero attached hydrogens (tertiary/aromatic N) is 4. The lowest BCUT2D eigenvalue weighted by atomic mass is 9.98. The number of hydrogen-bond acceptors (Lipinski definition) is 9. The van der Waals surface area contributed by atoms with Crippen LogP contribution in [0.1, 0.15) is 17.0 Å². The summed E-state index contributed by atoms with van der Waals surface area (Å²) in [5.41, 5.74) is 3.52. The van der Waals surface area contributed by atoms with E-state index in [0.717, 1.165) is 33.0 Å². The van der Waals surface area contributed by atoms with Crippen molar-refractivity contribution in [2.45, 2.75) is 44.1 Å². The number of aromatic nitrogens is 3. The molecule has 10 nitrogen and oxygen atoms in total. The average Bonchev–Trinajstić information content (AvgIpc) is 3.67. The summed E-state index contributed by atoms with van der Waals surface area (Å²) in [5, 5.41) is 37.6. The highest BCUT2D eigenvalue weighted by Crippen LogP contribution is 2.34. The van der Waals surface area contributed by atoms with Crippen LogP contribution in [-0.4, -0.2) is 73.2 Å². The van der Waals surface area contributed by atoms with E-state index in [1.54, 1.807) is 6.92 Å². The van der Waals surface area contributed by atoms with Gasteiger partial charge >= 0.3 is 0 Å². The van der Waals surface area contributed by atoms with Crippen LogP contribution in [-0.2, 0) is 16.0 Å².